The van der Waals surface area contributed by atoms with Gasteiger partial charge in [0.15, 0.2) is 0 Å². The van der Waals surface area contributed by atoms with Crippen LogP contribution in [0.5, 0.6) is 11.5 Å². The molecular formula is C58H52O6P2. The highest BCUT2D eigenvalue weighted by Gasteiger charge is 2.30. The Bertz CT molecular complexity index is 3440. The molecule has 0 bridgehead atoms. The van der Waals surface area contributed by atoms with Crippen LogP contribution in [0.1, 0.15) is 74.9 Å². The molecule has 0 aliphatic carbocycles. The van der Waals surface area contributed by atoms with Crippen LogP contribution in [0, 0.1) is 27.7 Å². The van der Waals surface area contributed by atoms with Crippen molar-refractivity contribution in [2.24, 2.45) is 0 Å². The van der Waals surface area contributed by atoms with Crippen LogP contribution >= 0.6 is 16.5 Å². The van der Waals surface area contributed by atoms with Crippen LogP contribution in [0.3, 0.4) is 0 Å². The van der Waals surface area contributed by atoms with Crippen molar-refractivity contribution in [2.45, 2.75) is 80.1 Å². The number of fused-ring (bicyclic) bond motifs is 14. The minimum atomic E-state index is -2.05. The Morgan fingerprint density at radius 3 is 0.864 bits per heavy atom. The van der Waals surface area contributed by atoms with Gasteiger partial charge in [-0.3, -0.25) is 0 Å². The van der Waals surface area contributed by atoms with E-state index in [0.29, 0.717) is 11.5 Å². The summed E-state index contributed by atoms with van der Waals surface area (Å²) in [5, 5.41) is 13.0. The van der Waals surface area contributed by atoms with Gasteiger partial charge in [0.05, 0.1) is 0 Å². The fraction of sp³-hybridized carbons (Fsp3) is 0.207. The average Bonchev–Trinajstić information content (AvgIpc) is 3.56. The molecule has 0 spiro atoms. The molecule has 2 heterocycles. The van der Waals surface area contributed by atoms with E-state index in [1.807, 2.05) is 6.07 Å². The second-order valence-electron chi connectivity index (χ2n) is 19.8. The Labute approximate surface area is 386 Å². The van der Waals surface area contributed by atoms with Crippen molar-refractivity contribution in [3.05, 3.63) is 167 Å². The molecule has 0 N–H and O–H groups in total. The molecule has 0 saturated carbocycles. The molecule has 0 amide bonds. The van der Waals surface area contributed by atoms with Crippen molar-refractivity contribution in [2.75, 3.05) is 0 Å². The summed E-state index contributed by atoms with van der Waals surface area (Å²) in [5.41, 5.74) is 8.34. The maximum atomic E-state index is 7.18. The van der Waals surface area contributed by atoms with Crippen molar-refractivity contribution in [1.82, 2.24) is 0 Å². The summed E-state index contributed by atoms with van der Waals surface area (Å²) < 4.78 is 42.6. The molecule has 330 valence electrons. The minimum absolute atomic E-state index is 0.335. The lowest BCUT2D eigenvalue weighted by molar-refractivity contribution is 0.458. The van der Waals surface area contributed by atoms with Crippen molar-refractivity contribution < 1.29 is 25.8 Å². The zero-order valence-corrected chi connectivity index (χ0v) is 40.8. The molecule has 2 aromatic heterocycles. The fourth-order valence-electron chi connectivity index (χ4n) is 9.79. The summed E-state index contributed by atoms with van der Waals surface area (Å²) in [6.07, 6.45) is 0. The summed E-state index contributed by atoms with van der Waals surface area (Å²) in [6.45, 7) is 21.6. The second kappa shape index (κ2) is 15.5. The normalized spacial score (nSPS) is 12.4. The van der Waals surface area contributed by atoms with E-state index in [0.717, 1.165) is 120 Å². The van der Waals surface area contributed by atoms with Gasteiger partial charge < -0.3 is 25.8 Å². The van der Waals surface area contributed by atoms with Gasteiger partial charge in [-0.25, -0.2) is 0 Å². The van der Waals surface area contributed by atoms with Crippen LogP contribution in [0.2, 0.25) is 0 Å². The SMILES string of the molecule is Cc1cc2ccccc2c2c1op(Oc1cc(Op3oc4c(C)cc5ccccc5c4c4c(o3)c(C)cc3ccccc34)c(C(C)(C)C)cc1C(C)(C)C)oc1c(C)cc3ccccc3c12. The van der Waals surface area contributed by atoms with Gasteiger partial charge in [0, 0.05) is 38.7 Å². The van der Waals surface area contributed by atoms with Crippen molar-refractivity contribution in [3.63, 3.8) is 0 Å². The summed E-state index contributed by atoms with van der Waals surface area (Å²) in [4.78, 5) is 0. The largest absolute Gasteiger partial charge is 0.453 e. The monoisotopic (exact) mass is 906 g/mol. The Balaban J connectivity index is 1.18. The molecule has 0 aliphatic rings. The maximum Gasteiger partial charge on any atom is 0.453 e. The molecular weight excluding hydrogens is 855 g/mol. The van der Waals surface area contributed by atoms with Gasteiger partial charge in [0.2, 0.25) is 0 Å². The quantitative estimate of drug-likeness (QED) is 0.175. The summed E-state index contributed by atoms with van der Waals surface area (Å²) >= 11 is 0. The molecule has 11 aromatic rings. The topological polar surface area (TPSA) is 71.0 Å². The molecule has 0 fully saturated rings. The zero-order chi connectivity index (χ0) is 45.8. The molecule has 0 atom stereocenters. The Morgan fingerprint density at radius 1 is 0.348 bits per heavy atom. The van der Waals surface area contributed by atoms with Crippen LogP contribution in [0.4, 0.5) is 0 Å². The third kappa shape index (κ3) is 7.01. The summed E-state index contributed by atoms with van der Waals surface area (Å²) in [5.74, 6) is 1.21. The van der Waals surface area contributed by atoms with Crippen LogP contribution in [-0.2, 0) is 10.8 Å². The maximum absolute atomic E-state index is 7.18. The fourth-order valence-corrected chi connectivity index (χ4v) is 12.2. The number of benzene rings is 9. The number of aryl methyl sites for hydroxylation is 4. The average molecular weight is 907 g/mol. The van der Waals surface area contributed by atoms with Crippen molar-refractivity contribution in [1.29, 1.82) is 0 Å². The first-order valence-corrected chi connectivity index (χ1v) is 24.8. The third-order valence-electron chi connectivity index (χ3n) is 13.0. The smallest absolute Gasteiger partial charge is 0.390 e. The van der Waals surface area contributed by atoms with Gasteiger partial charge in [0.25, 0.3) is 0 Å². The second-order valence-corrected chi connectivity index (χ2v) is 21.8. The van der Waals surface area contributed by atoms with Gasteiger partial charge >= 0.3 is 16.5 Å². The Kier molecular flexibility index (Phi) is 9.89. The van der Waals surface area contributed by atoms with E-state index in [1.165, 1.54) is 0 Å². The van der Waals surface area contributed by atoms with E-state index in [4.69, 9.17) is 25.8 Å². The van der Waals surface area contributed by atoms with E-state index in [2.05, 4.69) is 197 Å². The van der Waals surface area contributed by atoms with Crippen LogP contribution in [-0.4, -0.2) is 0 Å². The van der Waals surface area contributed by atoms with Crippen LogP contribution in [0.15, 0.2) is 150 Å². The van der Waals surface area contributed by atoms with Crippen molar-refractivity contribution in [3.8, 4) is 11.5 Å². The van der Waals surface area contributed by atoms with Gasteiger partial charge in [-0.1, -0.05) is 139 Å². The first-order chi connectivity index (χ1) is 31.6. The summed E-state index contributed by atoms with van der Waals surface area (Å²) in [7, 11) is -4.11. The molecule has 0 radical (unpaired) electrons. The first kappa shape index (κ1) is 42.1. The molecule has 0 unspecified atom stereocenters. The highest BCUT2D eigenvalue weighted by atomic mass is 31.1. The zero-order valence-electron chi connectivity index (χ0n) is 39.0. The number of hydrogen-bond donors (Lipinski definition) is 0. The third-order valence-corrected chi connectivity index (χ3v) is 15.0. The van der Waals surface area contributed by atoms with Gasteiger partial charge in [-0.15, -0.1) is 0 Å². The summed E-state index contributed by atoms with van der Waals surface area (Å²) in [6, 6.07) is 47.0. The van der Waals surface area contributed by atoms with E-state index >= 15 is 0 Å². The predicted octanol–water partition coefficient (Wildman–Crippen LogP) is 19.0. The standard InChI is InChI=1S/C58H52O6P2/c1-33-27-37-19-11-15-23-41(37)49-50-42-24-16-12-20-38(42)28-34(2)54(50)62-65(61-53(33)49)59-47-32-48(46(58(8,9)10)31-45(47)57(5,6)7)60-66-63-55-35(3)29-39-21-13-17-25-43(39)51(55)52-44-26-18-14-22-40(44)30-36(4)56(52)64-66/h11-32H,1-10H3. The molecule has 66 heavy (non-hydrogen) atoms. The predicted molar refractivity (Wildman–Crippen MR) is 278 cm³/mol. The Morgan fingerprint density at radius 2 is 0.606 bits per heavy atom. The molecule has 6 nitrogen and oxygen atoms in total. The van der Waals surface area contributed by atoms with E-state index < -0.39 is 16.5 Å². The van der Waals surface area contributed by atoms with Gasteiger partial charge in [-0.05, 0) is 134 Å². The molecule has 8 heteroatoms. The van der Waals surface area contributed by atoms with E-state index in [1.54, 1.807) is 0 Å². The van der Waals surface area contributed by atoms with E-state index in [9.17, 15) is 0 Å². The highest BCUT2D eigenvalue weighted by molar-refractivity contribution is 7.32. The van der Waals surface area contributed by atoms with Crippen LogP contribution < -0.4 is 9.05 Å². The van der Waals surface area contributed by atoms with Gasteiger partial charge in [0.1, 0.15) is 33.8 Å². The van der Waals surface area contributed by atoms with Gasteiger partial charge in [-0.2, -0.15) is 0 Å². The first-order valence-electron chi connectivity index (χ1n) is 22.6. The van der Waals surface area contributed by atoms with Crippen molar-refractivity contribution >= 4 is 103 Å². The number of rotatable bonds is 4. The minimum Gasteiger partial charge on any atom is -0.390 e. The lowest BCUT2D eigenvalue weighted by atomic mass is 9.80. The molecule has 9 aromatic carbocycles. The molecule has 0 aliphatic heterocycles. The lowest BCUT2D eigenvalue weighted by Gasteiger charge is -2.28. The highest BCUT2D eigenvalue weighted by Crippen LogP contribution is 2.51. The Hall–Kier alpha value is -6.58. The van der Waals surface area contributed by atoms with E-state index in [-0.39, 0.29) is 10.8 Å². The number of hydrogen-bond acceptors (Lipinski definition) is 6. The van der Waals surface area contributed by atoms with Crippen LogP contribution in [0.25, 0.3) is 87.0 Å². The molecule has 11 rings (SSSR count). The molecule has 0 saturated heterocycles. The lowest BCUT2D eigenvalue weighted by Crippen LogP contribution is -2.18.